The topological polar surface area (TPSA) is 69.6 Å². The van der Waals surface area contributed by atoms with E-state index in [0.29, 0.717) is 5.56 Å². The molecule has 82 valence electrons. The Bertz CT molecular complexity index is 361. The van der Waals surface area contributed by atoms with Crippen LogP contribution < -0.4 is 5.32 Å². The summed E-state index contributed by atoms with van der Waals surface area (Å²) in [5.41, 5.74) is 0.885. The standard InChI is InChI=1S/C11H15NO3/c1-7-4-3-5-9(10(7)14)11(15)12-6-8(2)13/h3-5,8,13-14H,6H2,1-2H3,(H,12,15)/t8-/m0/s1. The summed E-state index contributed by atoms with van der Waals surface area (Å²) in [5, 5.41) is 21.1. The Morgan fingerprint density at radius 3 is 2.80 bits per heavy atom. The van der Waals surface area contributed by atoms with Crippen molar-refractivity contribution >= 4 is 5.91 Å². The molecule has 0 saturated carbocycles. The molecule has 0 heterocycles. The lowest BCUT2D eigenvalue weighted by atomic mass is 10.1. The summed E-state index contributed by atoms with van der Waals surface area (Å²) in [6.45, 7) is 3.48. The van der Waals surface area contributed by atoms with Crippen LogP contribution in [0.1, 0.15) is 22.8 Å². The predicted octanol–water partition coefficient (Wildman–Crippen LogP) is 0.811. The first-order valence-corrected chi connectivity index (χ1v) is 4.77. The van der Waals surface area contributed by atoms with E-state index in [2.05, 4.69) is 5.32 Å². The molecule has 0 aromatic heterocycles. The lowest BCUT2D eigenvalue weighted by Gasteiger charge is -2.09. The van der Waals surface area contributed by atoms with Gasteiger partial charge in [0.1, 0.15) is 5.75 Å². The second-order valence-corrected chi connectivity index (χ2v) is 3.53. The summed E-state index contributed by atoms with van der Waals surface area (Å²) in [4.78, 5) is 11.5. The van der Waals surface area contributed by atoms with Gasteiger partial charge in [-0.25, -0.2) is 0 Å². The Balaban J connectivity index is 2.78. The summed E-state index contributed by atoms with van der Waals surface area (Å²) in [6.07, 6.45) is -0.596. The number of benzene rings is 1. The molecule has 4 nitrogen and oxygen atoms in total. The Kier molecular flexibility index (Phi) is 3.68. The minimum Gasteiger partial charge on any atom is -0.507 e. The van der Waals surface area contributed by atoms with Gasteiger partial charge in [0.25, 0.3) is 5.91 Å². The monoisotopic (exact) mass is 209 g/mol. The van der Waals surface area contributed by atoms with Crippen LogP contribution in [0, 0.1) is 6.92 Å². The predicted molar refractivity (Wildman–Crippen MR) is 56.9 cm³/mol. The van der Waals surface area contributed by atoms with Crippen LogP contribution in [0.4, 0.5) is 0 Å². The quantitative estimate of drug-likeness (QED) is 0.690. The molecule has 0 aliphatic carbocycles. The largest absolute Gasteiger partial charge is 0.507 e. The molecule has 1 aromatic carbocycles. The number of aromatic hydroxyl groups is 1. The molecule has 1 atom stereocenters. The van der Waals surface area contributed by atoms with Crippen molar-refractivity contribution in [2.45, 2.75) is 20.0 Å². The number of hydrogen-bond acceptors (Lipinski definition) is 3. The molecule has 3 N–H and O–H groups in total. The van der Waals surface area contributed by atoms with Gasteiger partial charge in [0.2, 0.25) is 0 Å². The van der Waals surface area contributed by atoms with E-state index < -0.39 is 6.10 Å². The molecular weight excluding hydrogens is 194 g/mol. The molecular formula is C11H15NO3. The van der Waals surface area contributed by atoms with Crippen LogP contribution in [0.25, 0.3) is 0 Å². The van der Waals surface area contributed by atoms with Crippen LogP contribution in [0.3, 0.4) is 0 Å². The molecule has 1 amide bonds. The average molecular weight is 209 g/mol. The molecule has 0 bridgehead atoms. The van der Waals surface area contributed by atoms with E-state index in [1.165, 1.54) is 0 Å². The molecule has 0 unspecified atom stereocenters. The van der Waals surface area contributed by atoms with E-state index in [1.54, 1.807) is 32.0 Å². The maximum absolute atomic E-state index is 11.5. The molecule has 4 heteroatoms. The molecule has 15 heavy (non-hydrogen) atoms. The average Bonchev–Trinajstić information content (AvgIpc) is 2.18. The minimum atomic E-state index is -0.596. The number of phenols is 1. The summed E-state index contributed by atoms with van der Waals surface area (Å²) >= 11 is 0. The maximum atomic E-state index is 11.5. The zero-order valence-corrected chi connectivity index (χ0v) is 8.82. The first-order valence-electron chi connectivity index (χ1n) is 4.77. The van der Waals surface area contributed by atoms with Gasteiger partial charge in [0, 0.05) is 6.54 Å². The fourth-order valence-electron chi connectivity index (χ4n) is 1.18. The number of phenolic OH excluding ortho intramolecular Hbond substituents is 1. The van der Waals surface area contributed by atoms with Crippen molar-refractivity contribution < 1.29 is 15.0 Å². The number of carbonyl (C=O) groups is 1. The van der Waals surface area contributed by atoms with Gasteiger partial charge in [-0.15, -0.1) is 0 Å². The molecule has 0 aliphatic rings. The third-order valence-corrected chi connectivity index (χ3v) is 2.04. The molecule has 0 aliphatic heterocycles. The number of rotatable bonds is 3. The fourth-order valence-corrected chi connectivity index (χ4v) is 1.18. The smallest absolute Gasteiger partial charge is 0.255 e. The lowest BCUT2D eigenvalue weighted by molar-refractivity contribution is 0.0921. The highest BCUT2D eigenvalue weighted by Gasteiger charge is 2.12. The lowest BCUT2D eigenvalue weighted by Crippen LogP contribution is -2.30. The Hall–Kier alpha value is -1.55. The van der Waals surface area contributed by atoms with E-state index in [0.717, 1.165) is 0 Å². The Labute approximate surface area is 88.6 Å². The van der Waals surface area contributed by atoms with Crippen molar-refractivity contribution in [1.82, 2.24) is 5.32 Å². The van der Waals surface area contributed by atoms with Crippen LogP contribution in [-0.2, 0) is 0 Å². The second kappa shape index (κ2) is 4.79. The van der Waals surface area contributed by atoms with Crippen molar-refractivity contribution in [2.75, 3.05) is 6.54 Å². The van der Waals surface area contributed by atoms with Crippen molar-refractivity contribution in [3.8, 4) is 5.75 Å². The van der Waals surface area contributed by atoms with E-state index in [4.69, 9.17) is 5.11 Å². The third kappa shape index (κ3) is 2.95. The first-order chi connectivity index (χ1) is 7.02. The number of para-hydroxylation sites is 1. The number of aliphatic hydroxyl groups is 1. The highest BCUT2D eigenvalue weighted by Crippen LogP contribution is 2.20. The normalized spacial score (nSPS) is 12.2. The third-order valence-electron chi connectivity index (χ3n) is 2.04. The molecule has 0 radical (unpaired) electrons. The van der Waals surface area contributed by atoms with E-state index in [1.807, 2.05) is 0 Å². The zero-order valence-electron chi connectivity index (χ0n) is 8.82. The number of amides is 1. The van der Waals surface area contributed by atoms with Gasteiger partial charge in [0.15, 0.2) is 0 Å². The molecule has 1 aromatic rings. The number of nitrogens with one attached hydrogen (secondary N) is 1. The first kappa shape index (κ1) is 11.5. The molecule has 0 saturated heterocycles. The fraction of sp³-hybridized carbons (Fsp3) is 0.364. The van der Waals surface area contributed by atoms with Crippen LogP contribution in [0.5, 0.6) is 5.75 Å². The van der Waals surface area contributed by atoms with E-state index >= 15 is 0 Å². The van der Waals surface area contributed by atoms with Gasteiger partial charge < -0.3 is 15.5 Å². The van der Waals surface area contributed by atoms with Crippen LogP contribution in [0.15, 0.2) is 18.2 Å². The van der Waals surface area contributed by atoms with Crippen molar-refractivity contribution in [3.05, 3.63) is 29.3 Å². The van der Waals surface area contributed by atoms with Gasteiger partial charge in [-0.05, 0) is 25.5 Å². The summed E-state index contributed by atoms with van der Waals surface area (Å²) < 4.78 is 0. The van der Waals surface area contributed by atoms with E-state index in [-0.39, 0.29) is 23.8 Å². The second-order valence-electron chi connectivity index (χ2n) is 3.53. The van der Waals surface area contributed by atoms with E-state index in [9.17, 15) is 9.90 Å². The summed E-state index contributed by atoms with van der Waals surface area (Å²) in [7, 11) is 0. The molecule has 0 fully saturated rings. The maximum Gasteiger partial charge on any atom is 0.255 e. The highest BCUT2D eigenvalue weighted by molar-refractivity contribution is 5.97. The van der Waals surface area contributed by atoms with Crippen molar-refractivity contribution in [2.24, 2.45) is 0 Å². The number of aliphatic hydroxyl groups excluding tert-OH is 1. The van der Waals surface area contributed by atoms with Gasteiger partial charge in [-0.3, -0.25) is 4.79 Å². The summed E-state index contributed by atoms with van der Waals surface area (Å²) in [6, 6.07) is 4.97. The number of hydrogen-bond donors (Lipinski definition) is 3. The van der Waals surface area contributed by atoms with Gasteiger partial charge in [-0.2, -0.15) is 0 Å². The zero-order chi connectivity index (χ0) is 11.4. The van der Waals surface area contributed by atoms with Gasteiger partial charge in [-0.1, -0.05) is 12.1 Å². The van der Waals surface area contributed by atoms with Gasteiger partial charge in [0.05, 0.1) is 11.7 Å². The van der Waals surface area contributed by atoms with Crippen LogP contribution in [0.2, 0.25) is 0 Å². The SMILES string of the molecule is Cc1cccc(C(=O)NC[C@H](C)O)c1O. The van der Waals surface area contributed by atoms with Crippen molar-refractivity contribution in [3.63, 3.8) is 0 Å². The van der Waals surface area contributed by atoms with Crippen LogP contribution >= 0.6 is 0 Å². The van der Waals surface area contributed by atoms with Crippen molar-refractivity contribution in [1.29, 1.82) is 0 Å². The Morgan fingerprint density at radius 1 is 1.53 bits per heavy atom. The summed E-state index contributed by atoms with van der Waals surface area (Å²) in [5.74, 6) is -0.391. The minimum absolute atomic E-state index is 0.0133. The number of aryl methyl sites for hydroxylation is 1. The van der Waals surface area contributed by atoms with Gasteiger partial charge >= 0.3 is 0 Å². The van der Waals surface area contributed by atoms with Crippen LogP contribution in [-0.4, -0.2) is 28.8 Å². The number of carbonyl (C=O) groups excluding carboxylic acids is 1. The Morgan fingerprint density at radius 2 is 2.20 bits per heavy atom. The molecule has 1 rings (SSSR count). The molecule has 0 spiro atoms. The highest BCUT2D eigenvalue weighted by atomic mass is 16.3.